The van der Waals surface area contributed by atoms with Gasteiger partial charge in [-0.2, -0.15) is 0 Å². The van der Waals surface area contributed by atoms with Gasteiger partial charge < -0.3 is 25.4 Å². The van der Waals surface area contributed by atoms with Crippen LogP contribution in [0.2, 0.25) is 0 Å². The average molecular weight is 524 g/mol. The fraction of sp³-hybridized carbons (Fsp3) is 0.433. The van der Waals surface area contributed by atoms with Gasteiger partial charge in [-0.25, -0.2) is 4.79 Å². The molecule has 2 rings (SSSR count). The molecule has 0 saturated heterocycles. The first-order valence-corrected chi connectivity index (χ1v) is 13.0. The van der Waals surface area contributed by atoms with Gasteiger partial charge in [0.15, 0.2) is 0 Å². The van der Waals surface area contributed by atoms with Crippen molar-refractivity contribution < 1.29 is 24.2 Å². The highest BCUT2D eigenvalue weighted by Gasteiger charge is 2.36. The summed E-state index contributed by atoms with van der Waals surface area (Å²) in [6.45, 7) is 11.0. The van der Waals surface area contributed by atoms with Crippen molar-refractivity contribution in [3.8, 4) is 0 Å². The molecule has 0 bridgehead atoms. The van der Waals surface area contributed by atoms with Gasteiger partial charge in [0, 0.05) is 19.5 Å². The van der Waals surface area contributed by atoms with Crippen molar-refractivity contribution in [1.29, 1.82) is 0 Å². The number of hydrogen-bond acceptors (Lipinski definition) is 5. The second-order valence-electron chi connectivity index (χ2n) is 10.1. The third-order valence-corrected chi connectivity index (χ3v) is 5.75. The minimum Gasteiger partial charge on any atom is -0.444 e. The molecule has 0 fully saturated rings. The van der Waals surface area contributed by atoms with E-state index in [9.17, 15) is 19.5 Å². The number of aliphatic hydroxyl groups excluding tert-OH is 1. The van der Waals surface area contributed by atoms with Crippen molar-refractivity contribution in [2.24, 2.45) is 0 Å². The summed E-state index contributed by atoms with van der Waals surface area (Å²) in [5.41, 5.74) is 1.43. The monoisotopic (exact) mass is 523 g/mol. The maximum Gasteiger partial charge on any atom is 0.408 e. The van der Waals surface area contributed by atoms with Gasteiger partial charge in [-0.1, -0.05) is 74.5 Å². The summed E-state index contributed by atoms with van der Waals surface area (Å²) >= 11 is 0. The Hall–Kier alpha value is -3.65. The van der Waals surface area contributed by atoms with Crippen LogP contribution in [-0.2, 0) is 20.7 Å². The Morgan fingerprint density at radius 3 is 2.42 bits per heavy atom. The molecule has 2 unspecified atom stereocenters. The van der Waals surface area contributed by atoms with E-state index in [-0.39, 0.29) is 25.5 Å². The van der Waals surface area contributed by atoms with Crippen LogP contribution in [0.5, 0.6) is 0 Å². The minimum atomic E-state index is -1.03. The predicted octanol–water partition coefficient (Wildman–Crippen LogP) is 4.24. The number of aliphatic hydroxyl groups is 1. The molecule has 2 atom stereocenters. The van der Waals surface area contributed by atoms with Crippen LogP contribution >= 0.6 is 0 Å². The first-order valence-electron chi connectivity index (χ1n) is 13.0. The number of amides is 3. The molecule has 3 N–H and O–H groups in total. The van der Waals surface area contributed by atoms with E-state index in [4.69, 9.17) is 4.74 Å². The zero-order valence-electron chi connectivity index (χ0n) is 22.9. The van der Waals surface area contributed by atoms with Crippen LogP contribution in [0.3, 0.4) is 0 Å². The molecule has 0 aliphatic heterocycles. The van der Waals surface area contributed by atoms with E-state index in [1.165, 1.54) is 4.90 Å². The summed E-state index contributed by atoms with van der Waals surface area (Å²) in [4.78, 5) is 41.7. The number of ether oxygens (including phenoxy) is 1. The quantitative estimate of drug-likeness (QED) is 0.340. The number of nitrogens with one attached hydrogen (secondary N) is 2. The maximum atomic E-state index is 14.1. The van der Waals surface area contributed by atoms with Crippen molar-refractivity contribution in [2.75, 3.05) is 19.7 Å². The summed E-state index contributed by atoms with van der Waals surface area (Å²) in [6, 6.07) is 14.4. The Bertz CT molecular complexity index is 1070. The predicted molar refractivity (Wildman–Crippen MR) is 149 cm³/mol. The van der Waals surface area contributed by atoms with Crippen molar-refractivity contribution in [1.82, 2.24) is 15.5 Å². The summed E-state index contributed by atoms with van der Waals surface area (Å²) in [7, 11) is 0. The number of rotatable bonds is 13. The molecule has 0 radical (unpaired) electrons. The molecule has 3 amide bonds. The molecule has 206 valence electrons. The van der Waals surface area contributed by atoms with E-state index in [0.717, 1.165) is 24.0 Å². The Labute approximate surface area is 226 Å². The number of benzene rings is 2. The van der Waals surface area contributed by atoms with Gasteiger partial charge in [0.25, 0.3) is 0 Å². The van der Waals surface area contributed by atoms with Crippen molar-refractivity contribution >= 4 is 24.0 Å². The number of carbonyl (C=O) groups is 3. The maximum absolute atomic E-state index is 14.1. The molecule has 8 nitrogen and oxygen atoms in total. The molecule has 8 heteroatoms. The lowest BCUT2D eigenvalue weighted by Crippen LogP contribution is -2.54. The number of carbonyl (C=O) groups excluding carboxylic acids is 3. The zero-order valence-corrected chi connectivity index (χ0v) is 22.9. The molecular formula is C30H41N3O5. The Morgan fingerprint density at radius 2 is 1.82 bits per heavy atom. The van der Waals surface area contributed by atoms with E-state index >= 15 is 0 Å². The minimum absolute atomic E-state index is 0.107. The molecule has 2 aromatic rings. The highest BCUT2D eigenvalue weighted by Crippen LogP contribution is 2.24. The first kappa shape index (κ1) is 30.6. The molecule has 0 aromatic heterocycles. The molecule has 0 spiro atoms. The highest BCUT2D eigenvalue weighted by molar-refractivity contribution is 5.92. The smallest absolute Gasteiger partial charge is 0.408 e. The van der Waals surface area contributed by atoms with Gasteiger partial charge in [-0.05, 0) is 49.9 Å². The van der Waals surface area contributed by atoms with Crippen LogP contribution < -0.4 is 10.6 Å². The van der Waals surface area contributed by atoms with Crippen LogP contribution in [0.25, 0.3) is 6.08 Å². The average Bonchev–Trinajstić information content (AvgIpc) is 2.87. The molecule has 0 heterocycles. The van der Waals surface area contributed by atoms with Crippen LogP contribution in [-0.4, -0.2) is 59.3 Å². The third-order valence-electron chi connectivity index (χ3n) is 5.75. The van der Waals surface area contributed by atoms with Crippen molar-refractivity contribution in [3.63, 3.8) is 0 Å². The second-order valence-corrected chi connectivity index (χ2v) is 10.1. The molecule has 38 heavy (non-hydrogen) atoms. The van der Waals surface area contributed by atoms with Crippen molar-refractivity contribution in [3.05, 3.63) is 77.9 Å². The van der Waals surface area contributed by atoms with Gasteiger partial charge in [-0.3, -0.25) is 9.59 Å². The Morgan fingerprint density at radius 1 is 1.11 bits per heavy atom. The van der Waals surface area contributed by atoms with Gasteiger partial charge in [0.2, 0.25) is 11.8 Å². The van der Waals surface area contributed by atoms with E-state index in [1.54, 1.807) is 45.0 Å². The summed E-state index contributed by atoms with van der Waals surface area (Å²) in [6.07, 6.45) is 2.78. The standard InChI is InChI=1S/C30H41N3O5/c1-6-8-17-31-27(35)26(24-16-12-15-22(7-2)20-24)33(18-19-34)28(36)25(21-23-13-10-9-11-14-23)32-29(37)38-30(3,4)5/h7,9-16,20,25-26,34H,2,6,8,17-19,21H2,1,3-5H3,(H,31,35)(H,32,37). The number of nitrogens with zero attached hydrogens (tertiary/aromatic N) is 1. The van der Waals surface area contributed by atoms with Crippen LogP contribution in [0.4, 0.5) is 4.79 Å². The van der Waals surface area contributed by atoms with Crippen LogP contribution in [0.15, 0.2) is 61.2 Å². The van der Waals surface area contributed by atoms with Gasteiger partial charge in [-0.15, -0.1) is 0 Å². The summed E-state index contributed by atoms with van der Waals surface area (Å²) < 4.78 is 5.42. The van der Waals surface area contributed by atoms with Crippen LogP contribution in [0, 0.1) is 0 Å². The summed E-state index contributed by atoms with van der Waals surface area (Å²) in [5.74, 6) is -0.870. The lowest BCUT2D eigenvalue weighted by atomic mass is 9.99. The van der Waals surface area contributed by atoms with E-state index in [1.807, 2.05) is 43.3 Å². The van der Waals surface area contributed by atoms with E-state index in [2.05, 4.69) is 17.2 Å². The Kier molecular flexibility index (Phi) is 12.0. The zero-order chi connectivity index (χ0) is 28.1. The normalized spacial score (nSPS) is 12.7. The SMILES string of the molecule is C=Cc1cccc(C(C(=O)NCCCC)N(CCO)C(=O)C(Cc2ccccc2)NC(=O)OC(C)(C)C)c1. The summed E-state index contributed by atoms with van der Waals surface area (Å²) in [5, 5.41) is 15.6. The largest absolute Gasteiger partial charge is 0.444 e. The first-order chi connectivity index (χ1) is 18.1. The molecule has 0 saturated carbocycles. The topological polar surface area (TPSA) is 108 Å². The molecule has 2 aromatic carbocycles. The third kappa shape index (κ3) is 9.67. The molecular weight excluding hydrogens is 482 g/mol. The molecule has 0 aliphatic carbocycles. The fourth-order valence-corrected chi connectivity index (χ4v) is 3.99. The highest BCUT2D eigenvalue weighted by atomic mass is 16.6. The lowest BCUT2D eigenvalue weighted by Gasteiger charge is -2.34. The lowest BCUT2D eigenvalue weighted by molar-refractivity contribution is -0.143. The van der Waals surface area contributed by atoms with Crippen LogP contribution in [0.1, 0.15) is 63.3 Å². The van der Waals surface area contributed by atoms with Crippen molar-refractivity contribution in [2.45, 2.75) is 64.6 Å². The fourth-order valence-electron chi connectivity index (χ4n) is 3.99. The van der Waals surface area contributed by atoms with Gasteiger partial charge >= 0.3 is 6.09 Å². The number of unbranched alkanes of at least 4 members (excludes halogenated alkanes) is 1. The van der Waals surface area contributed by atoms with E-state index in [0.29, 0.717) is 12.1 Å². The molecule has 0 aliphatic rings. The number of hydrogen-bond donors (Lipinski definition) is 3. The van der Waals surface area contributed by atoms with Gasteiger partial charge in [0.05, 0.1) is 6.61 Å². The van der Waals surface area contributed by atoms with E-state index < -0.39 is 29.7 Å². The van der Waals surface area contributed by atoms with Gasteiger partial charge in [0.1, 0.15) is 17.7 Å². The Balaban J connectivity index is 2.50. The second kappa shape index (κ2) is 14.9. The number of alkyl carbamates (subject to hydrolysis) is 1.